The molecule has 2 rings (SSSR count). The third-order valence-corrected chi connectivity index (χ3v) is 4.52. The molecule has 0 spiro atoms. The van der Waals surface area contributed by atoms with Crippen LogP contribution < -0.4 is 4.74 Å². The van der Waals surface area contributed by atoms with Gasteiger partial charge in [0, 0.05) is 0 Å². The van der Waals surface area contributed by atoms with Crippen LogP contribution in [0, 0.1) is 17.4 Å². The summed E-state index contributed by atoms with van der Waals surface area (Å²) in [5.74, 6) is 1.25. The van der Waals surface area contributed by atoms with E-state index in [1.807, 2.05) is 38.1 Å². The van der Waals surface area contributed by atoms with Crippen molar-refractivity contribution in [3.63, 3.8) is 0 Å². The molecule has 1 N–H and O–H groups in total. The van der Waals surface area contributed by atoms with E-state index in [1.165, 1.54) is 0 Å². The van der Waals surface area contributed by atoms with Crippen molar-refractivity contribution in [2.75, 3.05) is 0 Å². The largest absolute Gasteiger partial charge is 0.503 e. The van der Waals surface area contributed by atoms with Gasteiger partial charge in [0.15, 0.2) is 17.2 Å². The summed E-state index contributed by atoms with van der Waals surface area (Å²) in [5, 5.41) is 10.0. The maximum atomic E-state index is 10.0. The third kappa shape index (κ3) is 3.44. The summed E-state index contributed by atoms with van der Waals surface area (Å²) in [6.07, 6.45) is 0. The van der Waals surface area contributed by atoms with Gasteiger partial charge in [0.2, 0.25) is 0 Å². The van der Waals surface area contributed by atoms with Crippen LogP contribution in [0.3, 0.4) is 0 Å². The van der Waals surface area contributed by atoms with Crippen LogP contribution in [0.1, 0.15) is 11.1 Å². The second-order valence-corrected chi connectivity index (χ2v) is 7.12. The van der Waals surface area contributed by atoms with Crippen LogP contribution in [0.25, 0.3) is 0 Å². The lowest BCUT2D eigenvalue weighted by atomic mass is 10.2. The molecule has 2 nitrogen and oxygen atoms in total. The number of aryl methyl sites for hydroxylation is 2. The van der Waals surface area contributed by atoms with Crippen LogP contribution in [0.5, 0.6) is 17.2 Å². The molecular weight excluding hydrogens is 487 g/mol. The molecule has 0 aromatic heterocycles. The monoisotopic (exact) mass is 496 g/mol. The van der Waals surface area contributed by atoms with Gasteiger partial charge in [-0.3, -0.25) is 0 Å². The molecule has 0 aliphatic heterocycles. The van der Waals surface area contributed by atoms with Crippen molar-refractivity contribution in [3.05, 3.63) is 47.9 Å². The Labute approximate surface area is 142 Å². The van der Waals surface area contributed by atoms with Crippen LogP contribution >= 0.6 is 54.5 Å². The summed E-state index contributed by atoms with van der Waals surface area (Å²) < 4.78 is 8.34. The molecule has 0 fully saturated rings. The minimum atomic E-state index is 0.105. The summed E-state index contributed by atoms with van der Waals surface area (Å²) in [7, 11) is 0. The summed E-state index contributed by atoms with van der Waals surface area (Å²) in [6, 6.07) is 7.67. The molecule has 0 atom stereocenters. The Morgan fingerprint density at radius 3 is 2.21 bits per heavy atom. The molecule has 5 heteroatoms. The second kappa shape index (κ2) is 6.01. The van der Waals surface area contributed by atoms with E-state index in [0.29, 0.717) is 16.0 Å². The van der Waals surface area contributed by atoms with E-state index in [4.69, 9.17) is 4.74 Å². The summed E-state index contributed by atoms with van der Waals surface area (Å²) >= 11 is 9.03. The summed E-state index contributed by atoms with van der Waals surface area (Å²) in [4.78, 5) is 0. The minimum absolute atomic E-state index is 0.105. The Balaban J connectivity index is 2.48. The molecular formula is C14H11Br2IO2. The van der Waals surface area contributed by atoms with Gasteiger partial charge >= 0.3 is 0 Å². The molecule has 0 heterocycles. The van der Waals surface area contributed by atoms with E-state index in [0.717, 1.165) is 19.2 Å². The molecule has 0 saturated carbocycles. The molecule has 0 radical (unpaired) electrons. The zero-order valence-corrected chi connectivity index (χ0v) is 15.6. The van der Waals surface area contributed by atoms with Gasteiger partial charge in [-0.05, 0) is 104 Å². The van der Waals surface area contributed by atoms with Gasteiger partial charge in [-0.15, -0.1) is 0 Å². The zero-order valence-electron chi connectivity index (χ0n) is 10.3. The van der Waals surface area contributed by atoms with Crippen molar-refractivity contribution in [1.29, 1.82) is 0 Å². The highest BCUT2D eigenvalue weighted by Gasteiger charge is 2.13. The number of halogens is 3. The standard InChI is InChI=1S/C14H11Br2IO2/c1-7-4-10(16)14(11(17)5-7)19-12-6-8(2)3-9(15)13(12)18/h3-6,18H,1-2H3. The van der Waals surface area contributed by atoms with Gasteiger partial charge in [0.1, 0.15) is 0 Å². The van der Waals surface area contributed by atoms with Crippen molar-refractivity contribution in [2.45, 2.75) is 13.8 Å². The minimum Gasteiger partial charge on any atom is -0.503 e. The second-order valence-electron chi connectivity index (χ2n) is 4.25. The number of ether oxygens (including phenoxy) is 1. The maximum Gasteiger partial charge on any atom is 0.172 e. The van der Waals surface area contributed by atoms with Crippen molar-refractivity contribution in [1.82, 2.24) is 0 Å². The lowest BCUT2D eigenvalue weighted by Crippen LogP contribution is -1.92. The summed E-state index contributed by atoms with van der Waals surface area (Å²) in [6.45, 7) is 3.98. The Bertz CT molecular complexity index is 619. The first kappa shape index (κ1) is 15.1. The average Bonchev–Trinajstić information content (AvgIpc) is 2.29. The normalized spacial score (nSPS) is 10.6. The Hall–Kier alpha value is -0.270. The van der Waals surface area contributed by atoms with Gasteiger partial charge in [-0.2, -0.15) is 0 Å². The predicted octanol–water partition coefficient (Wildman–Crippen LogP) is 5.93. The Morgan fingerprint density at radius 2 is 1.58 bits per heavy atom. The van der Waals surface area contributed by atoms with Crippen LogP contribution in [-0.4, -0.2) is 5.11 Å². The Kier molecular flexibility index (Phi) is 4.79. The first-order chi connectivity index (χ1) is 8.88. The fourth-order valence-corrected chi connectivity index (χ4v) is 4.15. The highest BCUT2D eigenvalue weighted by atomic mass is 127. The highest BCUT2D eigenvalue weighted by Crippen LogP contribution is 2.41. The number of hydrogen-bond acceptors (Lipinski definition) is 2. The molecule has 0 aliphatic rings. The fourth-order valence-electron chi connectivity index (χ4n) is 1.67. The lowest BCUT2D eigenvalue weighted by molar-refractivity contribution is 0.406. The number of phenolic OH excluding ortho intramolecular Hbond substituents is 1. The molecule has 0 aliphatic carbocycles. The number of aromatic hydroxyl groups is 1. The first-order valence-electron chi connectivity index (χ1n) is 5.51. The number of rotatable bonds is 2. The van der Waals surface area contributed by atoms with Crippen molar-refractivity contribution >= 4 is 54.5 Å². The van der Waals surface area contributed by atoms with E-state index in [-0.39, 0.29) is 5.75 Å². The molecule has 0 bridgehead atoms. The smallest absolute Gasteiger partial charge is 0.172 e. The van der Waals surface area contributed by atoms with Crippen molar-refractivity contribution < 1.29 is 9.84 Å². The number of hydrogen-bond donors (Lipinski definition) is 1. The van der Waals surface area contributed by atoms with E-state index >= 15 is 0 Å². The molecule has 2 aromatic rings. The predicted molar refractivity (Wildman–Crippen MR) is 92.2 cm³/mol. The zero-order chi connectivity index (χ0) is 14.2. The van der Waals surface area contributed by atoms with E-state index < -0.39 is 0 Å². The van der Waals surface area contributed by atoms with Crippen molar-refractivity contribution in [3.8, 4) is 17.2 Å². The van der Waals surface area contributed by atoms with Gasteiger partial charge in [-0.25, -0.2) is 0 Å². The Morgan fingerprint density at radius 1 is 1.00 bits per heavy atom. The first-order valence-corrected chi connectivity index (χ1v) is 8.17. The summed E-state index contributed by atoms with van der Waals surface area (Å²) in [5.41, 5.74) is 2.16. The molecule has 2 aromatic carbocycles. The molecule has 0 saturated heterocycles. The fraction of sp³-hybridized carbons (Fsp3) is 0.143. The molecule has 0 amide bonds. The topological polar surface area (TPSA) is 29.5 Å². The SMILES string of the molecule is Cc1cc(Br)c(Oc2cc(C)cc(Br)c2O)c(I)c1. The average molecular weight is 498 g/mol. The van der Waals surface area contributed by atoms with Crippen molar-refractivity contribution in [2.24, 2.45) is 0 Å². The van der Waals surface area contributed by atoms with Gasteiger partial charge < -0.3 is 9.84 Å². The molecule has 0 unspecified atom stereocenters. The lowest BCUT2D eigenvalue weighted by Gasteiger charge is -2.13. The quantitative estimate of drug-likeness (QED) is 0.521. The van der Waals surface area contributed by atoms with Gasteiger partial charge in [-0.1, -0.05) is 0 Å². The number of benzene rings is 2. The third-order valence-electron chi connectivity index (χ3n) is 2.53. The van der Waals surface area contributed by atoms with Crippen LogP contribution in [0.2, 0.25) is 0 Å². The van der Waals surface area contributed by atoms with Crippen LogP contribution in [0.4, 0.5) is 0 Å². The maximum absolute atomic E-state index is 10.0. The van der Waals surface area contributed by atoms with Crippen LogP contribution in [0.15, 0.2) is 33.2 Å². The van der Waals surface area contributed by atoms with Gasteiger partial charge in [0.05, 0.1) is 12.5 Å². The molecule has 100 valence electrons. The van der Waals surface area contributed by atoms with Crippen LogP contribution in [-0.2, 0) is 0 Å². The highest BCUT2D eigenvalue weighted by molar-refractivity contribution is 14.1. The van der Waals surface area contributed by atoms with E-state index in [2.05, 4.69) is 54.5 Å². The molecule has 19 heavy (non-hydrogen) atoms. The number of phenols is 1. The van der Waals surface area contributed by atoms with E-state index in [9.17, 15) is 5.11 Å². The van der Waals surface area contributed by atoms with E-state index in [1.54, 1.807) is 0 Å². The van der Waals surface area contributed by atoms with Gasteiger partial charge in [0.25, 0.3) is 0 Å².